The largest absolute Gasteiger partial charge is 0.316 e. The quantitative estimate of drug-likeness (QED) is 0.660. The number of allylic oxidation sites excluding steroid dienone is 1. The standard InChI is InChI=1S/C12H23N/c1-4-10(2)9-11-7-5-6-8-12(11)13-3/h9,11-13H,4-8H2,1-3H3/b10-9+. The van der Waals surface area contributed by atoms with Gasteiger partial charge in [0.1, 0.15) is 0 Å². The van der Waals surface area contributed by atoms with Crippen molar-refractivity contribution in [1.29, 1.82) is 0 Å². The van der Waals surface area contributed by atoms with Crippen molar-refractivity contribution in [2.75, 3.05) is 7.05 Å². The van der Waals surface area contributed by atoms with E-state index in [-0.39, 0.29) is 0 Å². The summed E-state index contributed by atoms with van der Waals surface area (Å²) in [6, 6.07) is 0.732. The molecular formula is C12H23N. The lowest BCUT2D eigenvalue weighted by Gasteiger charge is -2.29. The highest BCUT2D eigenvalue weighted by molar-refractivity contribution is 5.04. The number of hydrogen-bond donors (Lipinski definition) is 1. The van der Waals surface area contributed by atoms with Crippen LogP contribution in [0.5, 0.6) is 0 Å². The summed E-state index contributed by atoms with van der Waals surface area (Å²) in [6.45, 7) is 4.49. The molecule has 76 valence electrons. The molecule has 1 aliphatic carbocycles. The fourth-order valence-corrected chi connectivity index (χ4v) is 2.20. The maximum atomic E-state index is 3.44. The Labute approximate surface area is 82.6 Å². The fourth-order valence-electron chi connectivity index (χ4n) is 2.20. The third kappa shape index (κ3) is 3.15. The van der Waals surface area contributed by atoms with Crippen molar-refractivity contribution in [3.63, 3.8) is 0 Å². The van der Waals surface area contributed by atoms with E-state index < -0.39 is 0 Å². The van der Waals surface area contributed by atoms with Crippen LogP contribution >= 0.6 is 0 Å². The second-order valence-electron chi connectivity index (χ2n) is 4.21. The molecule has 0 radical (unpaired) electrons. The average molecular weight is 181 g/mol. The molecule has 13 heavy (non-hydrogen) atoms. The van der Waals surface area contributed by atoms with E-state index in [0.717, 1.165) is 12.0 Å². The van der Waals surface area contributed by atoms with E-state index in [1.54, 1.807) is 5.57 Å². The van der Waals surface area contributed by atoms with Gasteiger partial charge < -0.3 is 5.32 Å². The highest BCUT2D eigenvalue weighted by Crippen LogP contribution is 2.26. The summed E-state index contributed by atoms with van der Waals surface area (Å²) in [7, 11) is 2.10. The van der Waals surface area contributed by atoms with Crippen LogP contribution in [0.15, 0.2) is 11.6 Å². The first-order valence-corrected chi connectivity index (χ1v) is 5.62. The maximum absolute atomic E-state index is 3.44. The van der Waals surface area contributed by atoms with Gasteiger partial charge in [0.25, 0.3) is 0 Å². The van der Waals surface area contributed by atoms with Crippen LogP contribution in [-0.2, 0) is 0 Å². The first-order valence-electron chi connectivity index (χ1n) is 5.62. The third-order valence-electron chi connectivity index (χ3n) is 3.25. The number of hydrogen-bond acceptors (Lipinski definition) is 1. The first-order chi connectivity index (χ1) is 6.27. The molecule has 1 saturated carbocycles. The molecule has 1 rings (SSSR count). The predicted molar refractivity (Wildman–Crippen MR) is 58.9 cm³/mol. The van der Waals surface area contributed by atoms with Gasteiger partial charge in [-0.25, -0.2) is 0 Å². The fraction of sp³-hybridized carbons (Fsp3) is 0.833. The average Bonchev–Trinajstić information content (AvgIpc) is 2.18. The van der Waals surface area contributed by atoms with Crippen LogP contribution in [0.25, 0.3) is 0 Å². The maximum Gasteiger partial charge on any atom is 0.0127 e. The SMILES string of the molecule is CC/C(C)=C/C1CCCCC1NC. The molecule has 1 fully saturated rings. The van der Waals surface area contributed by atoms with Crippen molar-refractivity contribution in [3.8, 4) is 0 Å². The van der Waals surface area contributed by atoms with Crippen LogP contribution in [0, 0.1) is 5.92 Å². The Bertz CT molecular complexity index is 172. The van der Waals surface area contributed by atoms with Crippen molar-refractivity contribution in [3.05, 3.63) is 11.6 Å². The van der Waals surface area contributed by atoms with Crippen molar-refractivity contribution in [1.82, 2.24) is 5.32 Å². The molecule has 0 aromatic carbocycles. The Morgan fingerprint density at radius 2 is 2.08 bits per heavy atom. The minimum Gasteiger partial charge on any atom is -0.316 e. The summed E-state index contributed by atoms with van der Waals surface area (Å²) >= 11 is 0. The van der Waals surface area contributed by atoms with Gasteiger partial charge >= 0.3 is 0 Å². The highest BCUT2D eigenvalue weighted by atomic mass is 14.9. The minimum absolute atomic E-state index is 0.732. The molecule has 0 heterocycles. The lowest BCUT2D eigenvalue weighted by Crippen LogP contribution is -2.35. The Balaban J connectivity index is 2.54. The summed E-state index contributed by atoms with van der Waals surface area (Å²) in [4.78, 5) is 0. The van der Waals surface area contributed by atoms with Crippen LogP contribution in [0.1, 0.15) is 46.0 Å². The summed E-state index contributed by atoms with van der Waals surface area (Å²) in [6.07, 6.45) is 9.24. The van der Waals surface area contributed by atoms with Gasteiger partial charge in [-0.15, -0.1) is 0 Å². The highest BCUT2D eigenvalue weighted by Gasteiger charge is 2.21. The van der Waals surface area contributed by atoms with Crippen LogP contribution in [0.4, 0.5) is 0 Å². The molecule has 1 aliphatic rings. The monoisotopic (exact) mass is 181 g/mol. The van der Waals surface area contributed by atoms with Gasteiger partial charge in [-0.2, -0.15) is 0 Å². The molecule has 2 unspecified atom stereocenters. The van der Waals surface area contributed by atoms with E-state index >= 15 is 0 Å². The van der Waals surface area contributed by atoms with Gasteiger partial charge in [0.15, 0.2) is 0 Å². The lowest BCUT2D eigenvalue weighted by atomic mass is 9.83. The molecule has 0 aromatic rings. The topological polar surface area (TPSA) is 12.0 Å². The Morgan fingerprint density at radius 1 is 1.38 bits per heavy atom. The van der Waals surface area contributed by atoms with Gasteiger partial charge in [-0.1, -0.05) is 31.4 Å². The Hall–Kier alpha value is -0.300. The Morgan fingerprint density at radius 3 is 2.69 bits per heavy atom. The van der Waals surface area contributed by atoms with Crippen LogP contribution in [-0.4, -0.2) is 13.1 Å². The molecule has 1 nitrogen and oxygen atoms in total. The van der Waals surface area contributed by atoms with Crippen molar-refractivity contribution in [2.45, 2.75) is 52.0 Å². The minimum atomic E-state index is 0.732. The molecule has 0 aliphatic heterocycles. The van der Waals surface area contributed by atoms with E-state index in [2.05, 4.69) is 32.3 Å². The zero-order chi connectivity index (χ0) is 9.68. The van der Waals surface area contributed by atoms with Crippen LogP contribution in [0.2, 0.25) is 0 Å². The zero-order valence-corrected chi connectivity index (χ0v) is 9.27. The van der Waals surface area contributed by atoms with E-state index in [1.807, 2.05) is 0 Å². The molecule has 1 N–H and O–H groups in total. The summed E-state index contributed by atoms with van der Waals surface area (Å²) in [5, 5.41) is 3.44. The Kier molecular flexibility index (Phi) is 4.51. The summed E-state index contributed by atoms with van der Waals surface area (Å²) < 4.78 is 0. The van der Waals surface area contributed by atoms with Gasteiger partial charge in [0.05, 0.1) is 0 Å². The molecular weight excluding hydrogens is 158 g/mol. The molecule has 2 atom stereocenters. The smallest absolute Gasteiger partial charge is 0.0127 e. The van der Waals surface area contributed by atoms with Gasteiger partial charge in [0, 0.05) is 6.04 Å². The summed E-state index contributed by atoms with van der Waals surface area (Å²) in [5.74, 6) is 0.790. The van der Waals surface area contributed by atoms with E-state index in [4.69, 9.17) is 0 Å². The van der Waals surface area contributed by atoms with E-state index in [0.29, 0.717) is 0 Å². The predicted octanol–water partition coefficient (Wildman–Crippen LogP) is 3.12. The van der Waals surface area contributed by atoms with E-state index in [9.17, 15) is 0 Å². The van der Waals surface area contributed by atoms with Gasteiger partial charge in [0.2, 0.25) is 0 Å². The summed E-state index contributed by atoms with van der Waals surface area (Å²) in [5.41, 5.74) is 1.55. The molecule has 1 heteroatoms. The van der Waals surface area contributed by atoms with Crippen molar-refractivity contribution >= 4 is 0 Å². The van der Waals surface area contributed by atoms with Gasteiger partial charge in [-0.3, -0.25) is 0 Å². The number of rotatable bonds is 3. The molecule has 0 spiro atoms. The second kappa shape index (κ2) is 5.43. The normalized spacial score (nSPS) is 30.5. The molecule has 0 amide bonds. The second-order valence-corrected chi connectivity index (χ2v) is 4.21. The molecule has 0 bridgehead atoms. The van der Waals surface area contributed by atoms with Gasteiger partial charge in [-0.05, 0) is 39.2 Å². The van der Waals surface area contributed by atoms with Crippen LogP contribution in [0.3, 0.4) is 0 Å². The lowest BCUT2D eigenvalue weighted by molar-refractivity contribution is 0.321. The van der Waals surface area contributed by atoms with Crippen LogP contribution < -0.4 is 5.32 Å². The molecule has 0 saturated heterocycles. The first kappa shape index (κ1) is 10.8. The van der Waals surface area contributed by atoms with Crippen molar-refractivity contribution in [2.24, 2.45) is 5.92 Å². The number of nitrogens with one attached hydrogen (secondary N) is 1. The zero-order valence-electron chi connectivity index (χ0n) is 9.27. The third-order valence-corrected chi connectivity index (χ3v) is 3.25. The molecule has 0 aromatic heterocycles. The van der Waals surface area contributed by atoms with Crippen molar-refractivity contribution < 1.29 is 0 Å². The van der Waals surface area contributed by atoms with E-state index in [1.165, 1.54) is 32.1 Å².